The highest BCUT2D eigenvalue weighted by Gasteiger charge is 2.45. The third-order valence-corrected chi connectivity index (χ3v) is 7.13. The predicted octanol–water partition coefficient (Wildman–Crippen LogP) is 4.81. The largest absolute Gasteiger partial charge is 0.465 e. The van der Waals surface area contributed by atoms with E-state index in [1.807, 2.05) is 25.1 Å². The molecule has 9 heteroatoms. The summed E-state index contributed by atoms with van der Waals surface area (Å²) in [5.41, 5.74) is 1.90. The predicted molar refractivity (Wildman–Crippen MR) is 143 cm³/mol. The van der Waals surface area contributed by atoms with Gasteiger partial charge in [-0.2, -0.15) is 0 Å². The number of nitro groups is 1. The molecule has 3 atom stereocenters. The Morgan fingerprint density at radius 2 is 1.89 bits per heavy atom. The van der Waals surface area contributed by atoms with Gasteiger partial charge < -0.3 is 9.47 Å². The van der Waals surface area contributed by atoms with Crippen LogP contribution in [0.4, 0.5) is 5.69 Å². The zero-order valence-corrected chi connectivity index (χ0v) is 22.2. The van der Waals surface area contributed by atoms with Gasteiger partial charge in [-0.1, -0.05) is 42.5 Å². The Morgan fingerprint density at radius 1 is 1.16 bits per heavy atom. The molecule has 2 aromatic carbocycles. The summed E-state index contributed by atoms with van der Waals surface area (Å²) in [7, 11) is 0. The van der Waals surface area contributed by atoms with Crippen molar-refractivity contribution in [3.8, 4) is 0 Å². The number of esters is 2. The van der Waals surface area contributed by atoms with Gasteiger partial charge in [0, 0.05) is 55.5 Å². The van der Waals surface area contributed by atoms with Gasteiger partial charge in [-0.25, -0.2) is 4.79 Å². The van der Waals surface area contributed by atoms with E-state index >= 15 is 0 Å². The lowest BCUT2D eigenvalue weighted by atomic mass is 9.75. The van der Waals surface area contributed by atoms with Gasteiger partial charge in [0.25, 0.3) is 5.69 Å². The standard InChI is InChI=1S/C29H33N3O6/c1-5-37-27(33)24-19(2)30-20(3)25(26(24)22-12-9-13-23(16-22)32(35)36)28(34)38-29(4)14-15-31(18-29)17-21-10-7-6-8-11-21/h6-13,16,24,26H,5,14-15,17-18H2,1-4H3/t24?,26-,29+/m0/s1. The van der Waals surface area contributed by atoms with Crippen LogP contribution in [0, 0.1) is 16.0 Å². The van der Waals surface area contributed by atoms with Crippen LogP contribution < -0.4 is 0 Å². The quantitative estimate of drug-likeness (QED) is 0.279. The van der Waals surface area contributed by atoms with Gasteiger partial charge >= 0.3 is 11.9 Å². The SMILES string of the molecule is CCOC(=O)C1C(C)=NC(C)=C(C(=O)O[C@]2(C)CCN(Cc3ccccc3)C2)[C@H]1c1cccc([N+](=O)[O-])c1. The van der Waals surface area contributed by atoms with E-state index in [-0.39, 0.29) is 17.9 Å². The average Bonchev–Trinajstić information content (AvgIpc) is 3.23. The third kappa shape index (κ3) is 5.83. The van der Waals surface area contributed by atoms with Crippen LogP contribution in [0.2, 0.25) is 0 Å². The minimum Gasteiger partial charge on any atom is -0.465 e. The monoisotopic (exact) mass is 519 g/mol. The summed E-state index contributed by atoms with van der Waals surface area (Å²) < 4.78 is 11.5. The van der Waals surface area contributed by atoms with E-state index in [1.165, 1.54) is 17.7 Å². The Labute approximate surface area is 222 Å². The number of nitrogens with zero attached hydrogens (tertiary/aromatic N) is 3. The number of benzene rings is 2. The molecule has 0 aromatic heterocycles. The van der Waals surface area contributed by atoms with Crippen molar-refractivity contribution in [3.63, 3.8) is 0 Å². The fourth-order valence-corrected chi connectivity index (χ4v) is 5.40. The number of ether oxygens (including phenoxy) is 2. The summed E-state index contributed by atoms with van der Waals surface area (Å²) in [4.78, 5) is 44.7. The molecule has 0 saturated carbocycles. The average molecular weight is 520 g/mol. The third-order valence-electron chi connectivity index (χ3n) is 7.13. The molecule has 0 bridgehead atoms. The van der Waals surface area contributed by atoms with E-state index in [4.69, 9.17) is 9.47 Å². The molecule has 1 fully saturated rings. The maximum Gasteiger partial charge on any atom is 0.337 e. The maximum absolute atomic E-state index is 13.8. The Balaban J connectivity index is 1.65. The number of likely N-dealkylation sites (tertiary alicyclic amines) is 1. The number of rotatable bonds is 8. The Hall–Kier alpha value is -3.85. The smallest absolute Gasteiger partial charge is 0.337 e. The second-order valence-electron chi connectivity index (χ2n) is 10.1. The van der Waals surface area contributed by atoms with Crippen molar-refractivity contribution >= 4 is 23.3 Å². The molecule has 38 heavy (non-hydrogen) atoms. The minimum atomic E-state index is -0.908. The number of carbonyl (C=O) groups is 2. The maximum atomic E-state index is 13.8. The Bertz CT molecular complexity index is 1290. The number of hydrogen-bond acceptors (Lipinski definition) is 8. The van der Waals surface area contributed by atoms with E-state index in [2.05, 4.69) is 22.0 Å². The number of hydrogen-bond donors (Lipinski definition) is 0. The van der Waals surface area contributed by atoms with Crippen LogP contribution in [0.15, 0.2) is 70.9 Å². The van der Waals surface area contributed by atoms with Gasteiger partial charge in [0.05, 0.1) is 17.1 Å². The number of allylic oxidation sites excluding steroid dienone is 1. The van der Waals surface area contributed by atoms with Gasteiger partial charge in [0.1, 0.15) is 11.5 Å². The van der Waals surface area contributed by atoms with Crippen molar-refractivity contribution in [2.45, 2.75) is 52.2 Å². The van der Waals surface area contributed by atoms with Crippen LogP contribution >= 0.6 is 0 Å². The molecule has 2 heterocycles. The summed E-state index contributed by atoms with van der Waals surface area (Å²) in [6, 6.07) is 16.1. The van der Waals surface area contributed by atoms with E-state index < -0.39 is 34.3 Å². The zero-order chi connectivity index (χ0) is 27.4. The summed E-state index contributed by atoms with van der Waals surface area (Å²) in [5, 5.41) is 11.5. The van der Waals surface area contributed by atoms with Gasteiger partial charge in [-0.15, -0.1) is 0 Å². The Morgan fingerprint density at radius 3 is 2.58 bits per heavy atom. The molecule has 0 radical (unpaired) electrons. The number of carbonyl (C=O) groups excluding carboxylic acids is 2. The number of aliphatic imine (C=N–C) groups is 1. The van der Waals surface area contributed by atoms with Gasteiger partial charge in [0.2, 0.25) is 0 Å². The molecular weight excluding hydrogens is 486 g/mol. The molecule has 9 nitrogen and oxygen atoms in total. The number of non-ortho nitro benzene ring substituents is 1. The van der Waals surface area contributed by atoms with Crippen molar-refractivity contribution in [3.05, 3.63) is 87.1 Å². The van der Waals surface area contributed by atoms with Gasteiger partial charge in [0.15, 0.2) is 0 Å². The highest BCUT2D eigenvalue weighted by atomic mass is 16.6. The van der Waals surface area contributed by atoms with E-state index in [0.717, 1.165) is 13.1 Å². The van der Waals surface area contributed by atoms with Gasteiger partial charge in [-0.3, -0.25) is 24.8 Å². The molecule has 0 spiro atoms. The first kappa shape index (κ1) is 27.2. The molecule has 4 rings (SSSR count). The first-order chi connectivity index (χ1) is 18.1. The van der Waals surface area contributed by atoms with Crippen LogP contribution in [-0.4, -0.2) is 52.8 Å². The van der Waals surface area contributed by atoms with Crippen molar-refractivity contribution < 1.29 is 24.0 Å². The second kappa shape index (κ2) is 11.3. The molecule has 0 N–H and O–H groups in total. The fraction of sp³-hybridized carbons (Fsp3) is 0.414. The lowest BCUT2D eigenvalue weighted by molar-refractivity contribution is -0.384. The molecule has 1 unspecified atom stereocenters. The molecular formula is C29H33N3O6. The van der Waals surface area contributed by atoms with E-state index in [0.29, 0.717) is 29.9 Å². The van der Waals surface area contributed by atoms with Crippen LogP contribution in [0.5, 0.6) is 0 Å². The van der Waals surface area contributed by atoms with Crippen LogP contribution in [-0.2, 0) is 25.6 Å². The van der Waals surface area contributed by atoms with Crippen molar-refractivity contribution in [1.82, 2.24) is 4.90 Å². The van der Waals surface area contributed by atoms with Crippen LogP contribution in [0.25, 0.3) is 0 Å². The van der Waals surface area contributed by atoms with Crippen molar-refractivity contribution in [1.29, 1.82) is 0 Å². The summed E-state index contributed by atoms with van der Waals surface area (Å²) >= 11 is 0. The Kier molecular flexibility index (Phi) is 8.06. The first-order valence-electron chi connectivity index (χ1n) is 12.8. The summed E-state index contributed by atoms with van der Waals surface area (Å²) in [5.74, 6) is -2.85. The molecule has 2 aliphatic rings. The van der Waals surface area contributed by atoms with E-state index in [1.54, 1.807) is 32.9 Å². The lowest BCUT2D eigenvalue weighted by Gasteiger charge is -2.33. The molecule has 0 aliphatic carbocycles. The molecule has 2 aromatic rings. The highest BCUT2D eigenvalue weighted by Crippen LogP contribution is 2.42. The van der Waals surface area contributed by atoms with Crippen molar-refractivity contribution in [2.75, 3.05) is 19.7 Å². The zero-order valence-electron chi connectivity index (χ0n) is 22.2. The minimum absolute atomic E-state index is 0.130. The normalized spacial score (nSPS) is 23.6. The molecule has 1 saturated heterocycles. The fourth-order valence-electron chi connectivity index (χ4n) is 5.40. The molecule has 2 aliphatic heterocycles. The van der Waals surface area contributed by atoms with Crippen LogP contribution in [0.3, 0.4) is 0 Å². The highest BCUT2D eigenvalue weighted by molar-refractivity contribution is 6.07. The summed E-state index contributed by atoms with van der Waals surface area (Å²) in [6.07, 6.45) is 0.656. The number of nitro benzene ring substituents is 1. The molecule has 200 valence electrons. The summed E-state index contributed by atoms with van der Waals surface area (Å²) in [6.45, 7) is 9.26. The van der Waals surface area contributed by atoms with E-state index in [9.17, 15) is 19.7 Å². The molecule has 0 amide bonds. The second-order valence-corrected chi connectivity index (χ2v) is 10.1. The van der Waals surface area contributed by atoms with Crippen molar-refractivity contribution in [2.24, 2.45) is 10.9 Å². The van der Waals surface area contributed by atoms with Gasteiger partial charge in [-0.05, 0) is 38.8 Å². The van der Waals surface area contributed by atoms with Crippen LogP contribution in [0.1, 0.15) is 51.2 Å². The first-order valence-corrected chi connectivity index (χ1v) is 12.8. The lowest BCUT2D eigenvalue weighted by Crippen LogP contribution is -2.40. The topological polar surface area (TPSA) is 111 Å².